The van der Waals surface area contributed by atoms with Crippen LogP contribution in [0.3, 0.4) is 0 Å². The van der Waals surface area contributed by atoms with Gasteiger partial charge < -0.3 is 10.2 Å². The van der Waals surface area contributed by atoms with E-state index >= 15 is 0 Å². The van der Waals surface area contributed by atoms with E-state index in [2.05, 4.69) is 0 Å². The third-order valence-electron chi connectivity index (χ3n) is 2.65. The standard InChI is InChI=1S/C12H13ClN2O3S/c1-15(7-9-5-6-18-8-9)19(16,17)12-10(13)3-2-4-11(12)14/h2-6,8H,7,14H2,1H3. The van der Waals surface area contributed by atoms with Gasteiger partial charge in [-0.25, -0.2) is 8.42 Å². The molecular weight excluding hydrogens is 288 g/mol. The Balaban J connectivity index is 2.37. The summed E-state index contributed by atoms with van der Waals surface area (Å²) in [5.74, 6) is 0. The first-order valence-corrected chi connectivity index (χ1v) is 7.26. The van der Waals surface area contributed by atoms with Crippen molar-refractivity contribution in [3.8, 4) is 0 Å². The van der Waals surface area contributed by atoms with Crippen LogP contribution in [0.5, 0.6) is 0 Å². The van der Waals surface area contributed by atoms with E-state index in [4.69, 9.17) is 21.8 Å². The first-order valence-electron chi connectivity index (χ1n) is 5.44. The Hall–Kier alpha value is -1.50. The number of nitrogens with two attached hydrogens (primary N) is 1. The molecule has 2 aromatic rings. The number of rotatable bonds is 4. The lowest BCUT2D eigenvalue weighted by Gasteiger charge is -2.18. The van der Waals surface area contributed by atoms with Crippen molar-refractivity contribution in [2.75, 3.05) is 12.8 Å². The van der Waals surface area contributed by atoms with Gasteiger partial charge in [0.25, 0.3) is 0 Å². The van der Waals surface area contributed by atoms with Gasteiger partial charge in [0.1, 0.15) is 4.90 Å². The largest absolute Gasteiger partial charge is 0.472 e. The Bertz CT molecular complexity index is 648. The Morgan fingerprint density at radius 1 is 1.37 bits per heavy atom. The SMILES string of the molecule is CN(Cc1ccoc1)S(=O)(=O)c1c(N)cccc1Cl. The zero-order chi connectivity index (χ0) is 14.0. The zero-order valence-electron chi connectivity index (χ0n) is 10.2. The third kappa shape index (κ3) is 2.75. The van der Waals surface area contributed by atoms with Gasteiger partial charge in [-0.3, -0.25) is 0 Å². The molecule has 0 radical (unpaired) electrons. The summed E-state index contributed by atoms with van der Waals surface area (Å²) >= 11 is 5.94. The number of anilines is 1. The fourth-order valence-corrected chi connectivity index (χ4v) is 3.46. The summed E-state index contributed by atoms with van der Waals surface area (Å²) < 4.78 is 30.9. The summed E-state index contributed by atoms with van der Waals surface area (Å²) in [5.41, 5.74) is 6.59. The maximum absolute atomic E-state index is 12.4. The number of furan rings is 1. The zero-order valence-corrected chi connectivity index (χ0v) is 11.8. The van der Waals surface area contributed by atoms with Crippen LogP contribution in [0.2, 0.25) is 5.02 Å². The maximum Gasteiger partial charge on any atom is 0.246 e. The molecule has 2 rings (SSSR count). The van der Waals surface area contributed by atoms with Crippen molar-refractivity contribution in [2.24, 2.45) is 0 Å². The smallest absolute Gasteiger partial charge is 0.246 e. The van der Waals surface area contributed by atoms with Crippen molar-refractivity contribution < 1.29 is 12.8 Å². The van der Waals surface area contributed by atoms with Crippen LogP contribution in [0, 0.1) is 0 Å². The van der Waals surface area contributed by atoms with Gasteiger partial charge in [-0.2, -0.15) is 4.31 Å². The van der Waals surface area contributed by atoms with Crippen molar-refractivity contribution in [1.82, 2.24) is 4.31 Å². The summed E-state index contributed by atoms with van der Waals surface area (Å²) in [6.45, 7) is 0.184. The van der Waals surface area contributed by atoms with Crippen molar-refractivity contribution >= 4 is 27.3 Å². The number of hydrogen-bond acceptors (Lipinski definition) is 4. The molecule has 0 aliphatic heterocycles. The predicted molar refractivity (Wildman–Crippen MR) is 73.2 cm³/mol. The number of halogens is 1. The van der Waals surface area contributed by atoms with E-state index in [9.17, 15) is 8.42 Å². The topological polar surface area (TPSA) is 76.5 Å². The van der Waals surface area contributed by atoms with Crippen LogP contribution in [-0.4, -0.2) is 19.8 Å². The lowest BCUT2D eigenvalue weighted by Crippen LogP contribution is -2.27. The highest BCUT2D eigenvalue weighted by Crippen LogP contribution is 2.29. The summed E-state index contributed by atoms with van der Waals surface area (Å²) in [4.78, 5) is -0.0670. The van der Waals surface area contributed by atoms with E-state index in [-0.39, 0.29) is 22.2 Å². The van der Waals surface area contributed by atoms with Crippen molar-refractivity contribution in [2.45, 2.75) is 11.4 Å². The van der Waals surface area contributed by atoms with Crippen LogP contribution in [0.15, 0.2) is 46.1 Å². The second-order valence-electron chi connectivity index (χ2n) is 4.05. The van der Waals surface area contributed by atoms with Gasteiger partial charge in [0, 0.05) is 19.2 Å². The fraction of sp³-hybridized carbons (Fsp3) is 0.167. The molecular formula is C12H13ClN2O3S. The van der Waals surface area contributed by atoms with Gasteiger partial charge in [0.2, 0.25) is 10.0 Å². The van der Waals surface area contributed by atoms with E-state index in [0.717, 1.165) is 5.56 Å². The lowest BCUT2D eigenvalue weighted by molar-refractivity contribution is 0.463. The molecule has 0 amide bonds. The average molecular weight is 301 g/mol. The molecule has 5 nitrogen and oxygen atoms in total. The van der Waals surface area contributed by atoms with E-state index < -0.39 is 10.0 Å². The summed E-state index contributed by atoms with van der Waals surface area (Å²) in [7, 11) is -2.28. The molecule has 0 fully saturated rings. The molecule has 1 heterocycles. The number of nitrogen functional groups attached to an aromatic ring is 1. The fourth-order valence-electron chi connectivity index (χ4n) is 1.68. The van der Waals surface area contributed by atoms with E-state index in [1.807, 2.05) is 0 Å². The molecule has 0 bridgehead atoms. The number of benzene rings is 1. The predicted octanol–water partition coefficient (Wildman–Crippen LogP) is 2.34. The van der Waals surface area contributed by atoms with Gasteiger partial charge in [0.05, 0.1) is 23.2 Å². The van der Waals surface area contributed by atoms with Crippen LogP contribution >= 0.6 is 11.6 Å². The van der Waals surface area contributed by atoms with Gasteiger partial charge >= 0.3 is 0 Å². The Morgan fingerprint density at radius 3 is 2.68 bits per heavy atom. The molecule has 0 spiro atoms. The minimum atomic E-state index is -3.74. The molecule has 0 atom stereocenters. The van der Waals surface area contributed by atoms with Crippen LogP contribution in [0.1, 0.15) is 5.56 Å². The van der Waals surface area contributed by atoms with Gasteiger partial charge in [-0.05, 0) is 18.2 Å². The molecule has 102 valence electrons. The van der Waals surface area contributed by atoms with Gasteiger partial charge in [-0.15, -0.1) is 0 Å². The molecule has 0 saturated heterocycles. The number of nitrogens with zero attached hydrogens (tertiary/aromatic N) is 1. The normalized spacial score (nSPS) is 11.9. The second kappa shape index (κ2) is 5.24. The number of hydrogen-bond donors (Lipinski definition) is 1. The second-order valence-corrected chi connectivity index (χ2v) is 6.44. The Kier molecular flexibility index (Phi) is 3.84. The van der Waals surface area contributed by atoms with Crippen LogP contribution in [0.4, 0.5) is 5.69 Å². The van der Waals surface area contributed by atoms with Gasteiger partial charge in [-0.1, -0.05) is 17.7 Å². The summed E-state index contributed by atoms with van der Waals surface area (Å²) in [5, 5.41) is 0.110. The Labute approximate surface area is 116 Å². The first kappa shape index (κ1) is 13.9. The van der Waals surface area contributed by atoms with Crippen molar-refractivity contribution in [1.29, 1.82) is 0 Å². The number of sulfonamides is 1. The molecule has 19 heavy (non-hydrogen) atoms. The minimum Gasteiger partial charge on any atom is -0.472 e. The highest BCUT2D eigenvalue weighted by atomic mass is 35.5. The molecule has 0 aliphatic rings. The molecule has 1 aromatic carbocycles. The summed E-state index contributed by atoms with van der Waals surface area (Å²) in [6, 6.07) is 6.30. The van der Waals surface area contributed by atoms with E-state index in [0.29, 0.717) is 0 Å². The minimum absolute atomic E-state index is 0.0670. The maximum atomic E-state index is 12.4. The quantitative estimate of drug-likeness (QED) is 0.879. The summed E-state index contributed by atoms with van der Waals surface area (Å²) in [6.07, 6.45) is 2.97. The monoisotopic (exact) mass is 300 g/mol. The molecule has 0 unspecified atom stereocenters. The van der Waals surface area contributed by atoms with Crippen molar-refractivity contribution in [3.05, 3.63) is 47.4 Å². The average Bonchev–Trinajstić information content (AvgIpc) is 2.81. The van der Waals surface area contributed by atoms with Crippen LogP contribution < -0.4 is 5.73 Å². The van der Waals surface area contributed by atoms with Gasteiger partial charge in [0.15, 0.2) is 0 Å². The highest BCUT2D eigenvalue weighted by molar-refractivity contribution is 7.89. The molecule has 1 aromatic heterocycles. The molecule has 2 N–H and O–H groups in total. The molecule has 0 saturated carbocycles. The third-order valence-corrected chi connectivity index (χ3v) is 5.00. The van der Waals surface area contributed by atoms with Crippen LogP contribution in [-0.2, 0) is 16.6 Å². The van der Waals surface area contributed by atoms with E-state index in [1.165, 1.54) is 36.0 Å². The van der Waals surface area contributed by atoms with Crippen molar-refractivity contribution in [3.63, 3.8) is 0 Å². The molecule has 7 heteroatoms. The van der Waals surface area contributed by atoms with Crippen LogP contribution in [0.25, 0.3) is 0 Å². The lowest BCUT2D eigenvalue weighted by atomic mass is 10.3. The first-order chi connectivity index (χ1) is 8.93. The molecule has 0 aliphatic carbocycles. The van der Waals surface area contributed by atoms with E-state index in [1.54, 1.807) is 12.1 Å². The Morgan fingerprint density at radius 2 is 2.11 bits per heavy atom. The highest BCUT2D eigenvalue weighted by Gasteiger charge is 2.26.